The summed E-state index contributed by atoms with van der Waals surface area (Å²) in [6.45, 7) is 1.15. The minimum atomic E-state index is -0.370. The predicted octanol–water partition coefficient (Wildman–Crippen LogP) is -0.413. The number of nitrogens with zero attached hydrogens (tertiary/aromatic N) is 4. The van der Waals surface area contributed by atoms with Crippen molar-refractivity contribution >= 4 is 17.2 Å². The van der Waals surface area contributed by atoms with Gasteiger partial charge in [-0.3, -0.25) is 4.79 Å². The molecule has 0 atom stereocenters. The lowest BCUT2D eigenvalue weighted by atomic mass is 10.1. The zero-order chi connectivity index (χ0) is 11.8. The predicted molar refractivity (Wildman–Crippen MR) is 60.1 cm³/mol. The second-order valence-electron chi connectivity index (χ2n) is 4.05. The fourth-order valence-electron chi connectivity index (χ4n) is 2.00. The van der Waals surface area contributed by atoms with Gasteiger partial charge in [-0.2, -0.15) is 9.61 Å². The van der Waals surface area contributed by atoms with E-state index in [4.69, 9.17) is 0 Å². The van der Waals surface area contributed by atoms with E-state index in [0.29, 0.717) is 24.4 Å². The van der Waals surface area contributed by atoms with E-state index >= 15 is 0 Å². The summed E-state index contributed by atoms with van der Waals surface area (Å²) in [6, 6.07) is 3.48. The Balaban J connectivity index is 2.02. The first-order chi connectivity index (χ1) is 8.24. The van der Waals surface area contributed by atoms with Crippen LogP contribution in [0.4, 0.5) is 5.82 Å². The number of nitrogens with one attached hydrogen (secondary N) is 1. The number of carbonyl (C=O) groups is 1. The molecule has 1 N–H and O–H groups in total. The Labute approximate surface area is 96.0 Å². The Morgan fingerprint density at radius 3 is 3.00 bits per heavy atom. The third-order valence-corrected chi connectivity index (χ3v) is 2.83. The van der Waals surface area contributed by atoms with E-state index in [1.165, 1.54) is 4.52 Å². The Morgan fingerprint density at radius 1 is 1.29 bits per heavy atom. The van der Waals surface area contributed by atoms with Crippen LogP contribution in [0, 0.1) is 0 Å². The van der Waals surface area contributed by atoms with Crippen molar-refractivity contribution in [3.05, 3.63) is 22.6 Å². The highest BCUT2D eigenvalue weighted by atomic mass is 16.2. The van der Waals surface area contributed by atoms with Crippen molar-refractivity contribution < 1.29 is 4.79 Å². The van der Waals surface area contributed by atoms with Gasteiger partial charge in [-0.15, -0.1) is 5.10 Å². The molecule has 1 aliphatic heterocycles. The van der Waals surface area contributed by atoms with Crippen LogP contribution in [0.25, 0.3) is 5.65 Å². The quantitative estimate of drug-likeness (QED) is 0.723. The molecule has 88 valence electrons. The fraction of sp³-hybridized carbons (Fsp3) is 0.400. The number of piperidine rings is 1. The summed E-state index contributed by atoms with van der Waals surface area (Å²) in [4.78, 5) is 24.6. The molecule has 2 aromatic heterocycles. The van der Waals surface area contributed by atoms with Gasteiger partial charge >= 0.3 is 5.69 Å². The van der Waals surface area contributed by atoms with Gasteiger partial charge in [0, 0.05) is 13.0 Å². The number of H-pyrrole nitrogens is 1. The maximum absolute atomic E-state index is 11.4. The van der Waals surface area contributed by atoms with Gasteiger partial charge in [0.15, 0.2) is 11.4 Å². The molecule has 0 spiro atoms. The number of ketones is 1. The van der Waals surface area contributed by atoms with Crippen LogP contribution in [-0.4, -0.2) is 38.7 Å². The Kier molecular flexibility index (Phi) is 2.17. The molecule has 1 fully saturated rings. The minimum absolute atomic E-state index is 0.206. The molecule has 0 saturated carbocycles. The molecule has 0 aliphatic carbocycles. The minimum Gasteiger partial charge on any atom is -0.348 e. The monoisotopic (exact) mass is 233 g/mol. The van der Waals surface area contributed by atoms with E-state index in [9.17, 15) is 9.59 Å². The van der Waals surface area contributed by atoms with Gasteiger partial charge in [0.05, 0.1) is 6.54 Å². The number of carbonyl (C=O) groups excluding carboxylic acids is 1. The van der Waals surface area contributed by atoms with Crippen LogP contribution in [0.3, 0.4) is 0 Å². The maximum Gasteiger partial charge on any atom is 0.364 e. The fourth-order valence-corrected chi connectivity index (χ4v) is 2.00. The number of aromatic amines is 1. The summed E-state index contributed by atoms with van der Waals surface area (Å²) < 4.78 is 1.20. The molecule has 7 heteroatoms. The molecule has 0 bridgehead atoms. The summed E-state index contributed by atoms with van der Waals surface area (Å²) in [5.41, 5.74) is 0.104. The van der Waals surface area contributed by atoms with Crippen LogP contribution in [0.5, 0.6) is 0 Å². The lowest BCUT2D eigenvalue weighted by Crippen LogP contribution is -2.36. The number of Topliss-reactive ketones (excluding diaryl/α,β-unsaturated/α-hetero) is 1. The van der Waals surface area contributed by atoms with Crippen molar-refractivity contribution in [2.75, 3.05) is 18.0 Å². The second-order valence-corrected chi connectivity index (χ2v) is 4.05. The average molecular weight is 233 g/mol. The molecule has 17 heavy (non-hydrogen) atoms. The van der Waals surface area contributed by atoms with Crippen molar-refractivity contribution in [1.29, 1.82) is 0 Å². The first kappa shape index (κ1) is 10.0. The number of fused-ring (bicyclic) bond motifs is 1. The van der Waals surface area contributed by atoms with Crippen molar-refractivity contribution in [2.24, 2.45) is 0 Å². The zero-order valence-corrected chi connectivity index (χ0v) is 9.09. The van der Waals surface area contributed by atoms with Crippen molar-refractivity contribution in [1.82, 2.24) is 19.8 Å². The molecular formula is C10H11N5O2. The van der Waals surface area contributed by atoms with Gasteiger partial charge in [0.2, 0.25) is 0 Å². The van der Waals surface area contributed by atoms with Crippen molar-refractivity contribution in [3.8, 4) is 0 Å². The van der Waals surface area contributed by atoms with Crippen LogP contribution in [0.1, 0.15) is 12.8 Å². The average Bonchev–Trinajstić information content (AvgIpc) is 2.71. The van der Waals surface area contributed by atoms with E-state index in [2.05, 4.69) is 15.3 Å². The smallest absolute Gasteiger partial charge is 0.348 e. The Bertz CT molecular complexity index is 629. The van der Waals surface area contributed by atoms with Crippen LogP contribution in [0.15, 0.2) is 16.9 Å². The Hall–Kier alpha value is -2.18. The third kappa shape index (κ3) is 1.69. The number of anilines is 1. The summed E-state index contributed by atoms with van der Waals surface area (Å²) in [6.07, 6.45) is 1.46. The molecule has 0 amide bonds. The molecule has 0 unspecified atom stereocenters. The normalized spacial score (nSPS) is 16.7. The molecule has 1 saturated heterocycles. The number of hydrogen-bond acceptors (Lipinski definition) is 5. The standard InChI is InChI=1S/C10H11N5O2/c16-7-2-1-5-14(6-7)9-4-3-8-11-12-10(17)15(8)13-9/h3-4H,1-2,5-6H2,(H,12,17). The van der Waals surface area contributed by atoms with Crippen LogP contribution in [-0.2, 0) is 4.79 Å². The van der Waals surface area contributed by atoms with Crippen molar-refractivity contribution in [2.45, 2.75) is 12.8 Å². The maximum atomic E-state index is 11.4. The van der Waals surface area contributed by atoms with Gasteiger partial charge in [-0.25, -0.2) is 9.89 Å². The lowest BCUT2D eigenvalue weighted by molar-refractivity contribution is -0.118. The van der Waals surface area contributed by atoms with Gasteiger partial charge in [-0.05, 0) is 18.6 Å². The highest BCUT2D eigenvalue weighted by Crippen LogP contribution is 2.15. The molecule has 7 nitrogen and oxygen atoms in total. The highest BCUT2D eigenvalue weighted by molar-refractivity contribution is 5.84. The molecule has 2 aromatic rings. The largest absolute Gasteiger partial charge is 0.364 e. The topological polar surface area (TPSA) is 83.4 Å². The zero-order valence-electron chi connectivity index (χ0n) is 9.09. The molecule has 3 rings (SSSR count). The molecule has 1 aliphatic rings. The lowest BCUT2D eigenvalue weighted by Gasteiger charge is -2.26. The van der Waals surface area contributed by atoms with Crippen molar-refractivity contribution in [3.63, 3.8) is 0 Å². The van der Waals surface area contributed by atoms with Gasteiger partial charge in [0.25, 0.3) is 0 Å². The highest BCUT2D eigenvalue weighted by Gasteiger charge is 2.18. The SMILES string of the molecule is O=C1CCCN(c2ccc3n[nH]c(=O)n3n2)C1. The summed E-state index contributed by atoms with van der Waals surface area (Å²) in [5, 5.41) is 10.3. The summed E-state index contributed by atoms with van der Waals surface area (Å²) in [5.74, 6) is 0.840. The third-order valence-electron chi connectivity index (χ3n) is 2.83. The molecule has 0 aromatic carbocycles. The van der Waals surface area contributed by atoms with Crippen LogP contribution < -0.4 is 10.6 Å². The molecule has 3 heterocycles. The van der Waals surface area contributed by atoms with Crippen LogP contribution in [0.2, 0.25) is 0 Å². The number of rotatable bonds is 1. The Morgan fingerprint density at radius 2 is 2.18 bits per heavy atom. The molecule has 0 radical (unpaired) electrons. The van der Waals surface area contributed by atoms with Gasteiger partial charge in [0.1, 0.15) is 5.82 Å². The molecular weight excluding hydrogens is 222 g/mol. The first-order valence-corrected chi connectivity index (χ1v) is 5.45. The number of aromatic nitrogens is 4. The van der Waals surface area contributed by atoms with Crippen LogP contribution >= 0.6 is 0 Å². The number of hydrogen-bond donors (Lipinski definition) is 1. The van der Waals surface area contributed by atoms with E-state index in [1.807, 2.05) is 4.90 Å². The van der Waals surface area contributed by atoms with Gasteiger partial charge in [-0.1, -0.05) is 0 Å². The second kappa shape index (κ2) is 3.69. The summed E-state index contributed by atoms with van der Waals surface area (Å²) >= 11 is 0. The van der Waals surface area contributed by atoms with E-state index in [-0.39, 0.29) is 11.5 Å². The summed E-state index contributed by atoms with van der Waals surface area (Å²) in [7, 11) is 0. The van der Waals surface area contributed by atoms with E-state index < -0.39 is 0 Å². The van der Waals surface area contributed by atoms with E-state index in [0.717, 1.165) is 13.0 Å². The van der Waals surface area contributed by atoms with E-state index in [1.54, 1.807) is 12.1 Å². The van der Waals surface area contributed by atoms with Gasteiger partial charge < -0.3 is 4.90 Å². The first-order valence-electron chi connectivity index (χ1n) is 5.45.